The summed E-state index contributed by atoms with van der Waals surface area (Å²) in [5, 5.41) is 5.24. The van der Waals surface area contributed by atoms with Crippen molar-refractivity contribution in [3.05, 3.63) is 60.6 Å². The van der Waals surface area contributed by atoms with E-state index >= 15 is 0 Å². The van der Waals surface area contributed by atoms with E-state index in [1.54, 1.807) is 12.4 Å². The Bertz CT molecular complexity index is 705. The van der Waals surface area contributed by atoms with Crippen molar-refractivity contribution in [3.8, 4) is 11.6 Å². The van der Waals surface area contributed by atoms with Gasteiger partial charge in [0.15, 0.2) is 0 Å². The van der Waals surface area contributed by atoms with Crippen molar-refractivity contribution < 1.29 is 4.74 Å². The number of hydrogen-bond donors (Lipinski definition) is 1. The molecule has 1 heterocycles. The molecule has 2 aromatic carbocycles. The van der Waals surface area contributed by atoms with Crippen LogP contribution in [0, 0.1) is 0 Å². The maximum Gasteiger partial charge on any atom is 0.237 e. The minimum absolute atomic E-state index is 0.501. The van der Waals surface area contributed by atoms with E-state index in [9.17, 15) is 0 Å². The van der Waals surface area contributed by atoms with Gasteiger partial charge in [-0.15, -0.1) is 0 Å². The summed E-state index contributed by atoms with van der Waals surface area (Å²) >= 11 is 0. The lowest BCUT2D eigenvalue weighted by molar-refractivity contribution is 0.464. The Morgan fingerprint density at radius 1 is 1.00 bits per heavy atom. The van der Waals surface area contributed by atoms with Gasteiger partial charge in [-0.05, 0) is 18.5 Å². The molecular formula is C16H15N3O. The number of ether oxygens (including phenoxy) is 1. The van der Waals surface area contributed by atoms with Crippen LogP contribution < -0.4 is 10.1 Å². The highest BCUT2D eigenvalue weighted by Gasteiger charge is 2.04. The Morgan fingerprint density at radius 3 is 2.65 bits per heavy atom. The molecule has 0 atom stereocenters. The predicted octanol–water partition coefficient (Wildman–Crippen LogP) is 3.14. The van der Waals surface area contributed by atoms with Gasteiger partial charge < -0.3 is 10.1 Å². The number of nitrogens with one attached hydrogen (secondary N) is 1. The van der Waals surface area contributed by atoms with E-state index in [4.69, 9.17) is 4.74 Å². The van der Waals surface area contributed by atoms with Gasteiger partial charge in [0, 0.05) is 11.9 Å². The first-order chi connectivity index (χ1) is 9.86. The number of hydrogen-bond acceptors (Lipinski definition) is 4. The van der Waals surface area contributed by atoms with E-state index in [1.807, 2.05) is 37.4 Å². The maximum atomic E-state index is 5.83. The summed E-state index contributed by atoms with van der Waals surface area (Å²) in [6.07, 6.45) is 3.37. The zero-order chi connectivity index (χ0) is 13.8. The zero-order valence-electron chi connectivity index (χ0n) is 11.2. The molecule has 0 unspecified atom stereocenters. The van der Waals surface area contributed by atoms with Crippen LogP contribution in [0.4, 0.5) is 0 Å². The minimum atomic E-state index is 0.501. The maximum absolute atomic E-state index is 5.83. The summed E-state index contributed by atoms with van der Waals surface area (Å²) in [6, 6.07) is 14.1. The number of fused-ring (bicyclic) bond motifs is 1. The van der Waals surface area contributed by atoms with Crippen molar-refractivity contribution in [1.29, 1.82) is 0 Å². The van der Waals surface area contributed by atoms with Crippen LogP contribution in [0.1, 0.15) is 5.69 Å². The van der Waals surface area contributed by atoms with Gasteiger partial charge in [-0.2, -0.15) is 0 Å². The topological polar surface area (TPSA) is 47.0 Å². The summed E-state index contributed by atoms with van der Waals surface area (Å²) in [5.41, 5.74) is 0.887. The Hall–Kier alpha value is -2.46. The van der Waals surface area contributed by atoms with Crippen molar-refractivity contribution in [2.75, 3.05) is 7.05 Å². The summed E-state index contributed by atoms with van der Waals surface area (Å²) in [7, 11) is 1.88. The van der Waals surface area contributed by atoms with Crippen molar-refractivity contribution >= 4 is 10.8 Å². The molecule has 0 aliphatic rings. The van der Waals surface area contributed by atoms with Crippen LogP contribution in [-0.4, -0.2) is 17.0 Å². The molecule has 0 aliphatic carbocycles. The van der Waals surface area contributed by atoms with E-state index in [2.05, 4.69) is 27.4 Å². The number of nitrogens with zero attached hydrogens (tertiary/aromatic N) is 2. The summed E-state index contributed by atoms with van der Waals surface area (Å²) in [5.74, 6) is 1.29. The van der Waals surface area contributed by atoms with Gasteiger partial charge >= 0.3 is 0 Å². The van der Waals surface area contributed by atoms with Crippen LogP contribution in [0.3, 0.4) is 0 Å². The SMILES string of the molecule is CNCc1cnc(Oc2cccc3ccccc23)cn1. The molecule has 0 aliphatic heterocycles. The normalized spacial score (nSPS) is 10.7. The van der Waals surface area contributed by atoms with E-state index in [0.29, 0.717) is 12.4 Å². The smallest absolute Gasteiger partial charge is 0.237 e. The monoisotopic (exact) mass is 265 g/mol. The molecule has 0 saturated heterocycles. The second-order valence-electron chi connectivity index (χ2n) is 4.46. The molecule has 4 heteroatoms. The second-order valence-corrected chi connectivity index (χ2v) is 4.46. The van der Waals surface area contributed by atoms with Crippen molar-refractivity contribution in [3.63, 3.8) is 0 Å². The second kappa shape index (κ2) is 5.67. The fraction of sp³-hybridized carbons (Fsp3) is 0.125. The van der Waals surface area contributed by atoms with Gasteiger partial charge in [0.1, 0.15) is 5.75 Å². The number of aromatic nitrogens is 2. The molecule has 100 valence electrons. The van der Waals surface area contributed by atoms with Gasteiger partial charge in [0.05, 0.1) is 18.1 Å². The summed E-state index contributed by atoms with van der Waals surface area (Å²) in [4.78, 5) is 8.57. The molecule has 0 bridgehead atoms. The molecule has 4 nitrogen and oxygen atoms in total. The first-order valence-electron chi connectivity index (χ1n) is 6.48. The quantitative estimate of drug-likeness (QED) is 0.787. The molecule has 0 fully saturated rings. The Kier molecular flexibility index (Phi) is 3.56. The number of benzene rings is 2. The largest absolute Gasteiger partial charge is 0.437 e. The van der Waals surface area contributed by atoms with Crippen LogP contribution in [0.25, 0.3) is 10.8 Å². The molecule has 1 aromatic heterocycles. The van der Waals surface area contributed by atoms with E-state index in [-0.39, 0.29) is 0 Å². The summed E-state index contributed by atoms with van der Waals surface area (Å²) in [6.45, 7) is 0.696. The Morgan fingerprint density at radius 2 is 1.85 bits per heavy atom. The molecule has 3 aromatic rings. The average Bonchev–Trinajstić information content (AvgIpc) is 2.50. The van der Waals surface area contributed by atoms with Gasteiger partial charge in [-0.3, -0.25) is 4.98 Å². The molecule has 20 heavy (non-hydrogen) atoms. The van der Waals surface area contributed by atoms with Crippen molar-refractivity contribution in [1.82, 2.24) is 15.3 Å². The van der Waals surface area contributed by atoms with Gasteiger partial charge in [0.2, 0.25) is 5.88 Å². The van der Waals surface area contributed by atoms with E-state index < -0.39 is 0 Å². The summed E-state index contributed by atoms with van der Waals surface area (Å²) < 4.78 is 5.83. The zero-order valence-corrected chi connectivity index (χ0v) is 11.2. The highest BCUT2D eigenvalue weighted by atomic mass is 16.5. The lowest BCUT2D eigenvalue weighted by Crippen LogP contribution is -2.07. The third kappa shape index (κ3) is 2.60. The van der Waals surface area contributed by atoms with Gasteiger partial charge in [0.25, 0.3) is 0 Å². The molecular weight excluding hydrogens is 250 g/mol. The standard InChI is InChI=1S/C16H15N3O/c1-17-9-13-10-19-16(11-18-13)20-15-8-4-6-12-5-2-3-7-14(12)15/h2-8,10-11,17H,9H2,1H3. The van der Waals surface area contributed by atoms with Crippen molar-refractivity contribution in [2.24, 2.45) is 0 Å². The third-order valence-electron chi connectivity index (χ3n) is 3.00. The molecule has 1 N–H and O–H groups in total. The average molecular weight is 265 g/mol. The molecule has 0 radical (unpaired) electrons. The molecule has 3 rings (SSSR count). The minimum Gasteiger partial charge on any atom is -0.437 e. The molecule has 0 spiro atoms. The lowest BCUT2D eigenvalue weighted by atomic mass is 10.1. The van der Waals surface area contributed by atoms with Gasteiger partial charge in [-0.25, -0.2) is 4.98 Å². The first-order valence-corrected chi connectivity index (χ1v) is 6.48. The highest BCUT2D eigenvalue weighted by molar-refractivity contribution is 5.88. The van der Waals surface area contributed by atoms with Crippen molar-refractivity contribution in [2.45, 2.75) is 6.54 Å². The Balaban J connectivity index is 1.89. The van der Waals surface area contributed by atoms with Crippen LogP contribution in [0.5, 0.6) is 11.6 Å². The van der Waals surface area contributed by atoms with Gasteiger partial charge in [-0.1, -0.05) is 36.4 Å². The molecule has 0 amide bonds. The fourth-order valence-corrected chi connectivity index (χ4v) is 2.07. The first kappa shape index (κ1) is 12.6. The fourth-order valence-electron chi connectivity index (χ4n) is 2.07. The van der Waals surface area contributed by atoms with E-state index in [0.717, 1.165) is 22.2 Å². The predicted molar refractivity (Wildman–Crippen MR) is 78.8 cm³/mol. The third-order valence-corrected chi connectivity index (χ3v) is 3.00. The van der Waals surface area contributed by atoms with Crippen LogP contribution in [0.2, 0.25) is 0 Å². The molecule has 0 saturated carbocycles. The lowest BCUT2D eigenvalue weighted by Gasteiger charge is -2.08. The van der Waals surface area contributed by atoms with Crippen LogP contribution >= 0.6 is 0 Å². The van der Waals surface area contributed by atoms with Crippen LogP contribution in [0.15, 0.2) is 54.9 Å². The number of rotatable bonds is 4. The van der Waals surface area contributed by atoms with Crippen LogP contribution in [-0.2, 0) is 6.54 Å². The highest BCUT2D eigenvalue weighted by Crippen LogP contribution is 2.28. The Labute approximate surface area is 117 Å². The van der Waals surface area contributed by atoms with E-state index in [1.165, 1.54) is 0 Å².